The average molecular weight is 192 g/mol. The molecular weight excluding hydrogens is 178 g/mol. The van der Waals surface area contributed by atoms with Gasteiger partial charge in [0.2, 0.25) is 0 Å². The first-order chi connectivity index (χ1) is 6.05. The van der Waals surface area contributed by atoms with Crippen molar-refractivity contribution in [2.45, 2.75) is 25.1 Å². The fraction of sp³-hybridized carbons (Fsp3) is 1.00. The fourth-order valence-electron chi connectivity index (χ4n) is 2.00. The van der Waals surface area contributed by atoms with Crippen LogP contribution < -0.4 is 0 Å². The monoisotopic (exact) mass is 192 g/mol. The summed E-state index contributed by atoms with van der Waals surface area (Å²) in [6.45, 7) is -2.76. The average Bonchev–Trinajstić information content (AvgIpc) is 2.63. The van der Waals surface area contributed by atoms with Gasteiger partial charge in [0.1, 0.15) is 0 Å². The molecule has 0 amide bonds. The molecule has 5 heteroatoms. The maximum Gasteiger partial charge on any atom is 0.482 e. The van der Waals surface area contributed by atoms with E-state index in [1.165, 1.54) is 12.8 Å². The van der Waals surface area contributed by atoms with Gasteiger partial charge >= 0.3 is 6.98 Å². The Morgan fingerprint density at radius 2 is 1.85 bits per heavy atom. The first kappa shape index (κ1) is 9.37. The smallest absolute Gasteiger partial charge is 0.449 e. The molecule has 76 valence electrons. The van der Waals surface area contributed by atoms with E-state index in [-0.39, 0.29) is 6.54 Å². The number of hydrogen-bond acceptors (Lipinski definition) is 1. The quantitative estimate of drug-likeness (QED) is 0.620. The van der Waals surface area contributed by atoms with Gasteiger partial charge in [0, 0.05) is 6.54 Å². The summed E-state index contributed by atoms with van der Waals surface area (Å²) >= 11 is 0. The molecular formula is C8H14BF3N-. The maximum atomic E-state index is 12.3. The summed E-state index contributed by atoms with van der Waals surface area (Å²) < 4.78 is 37.0. The lowest BCUT2D eigenvalue weighted by molar-refractivity contribution is 0.317. The molecule has 0 radical (unpaired) electrons. The number of hydrogen-bond donors (Lipinski definition) is 0. The molecule has 0 spiro atoms. The normalized spacial score (nSPS) is 31.2. The second-order valence-corrected chi connectivity index (χ2v) is 4.38. The molecule has 1 aliphatic carbocycles. The van der Waals surface area contributed by atoms with Gasteiger partial charge in [-0.25, -0.2) is 0 Å². The van der Waals surface area contributed by atoms with E-state index in [0.717, 1.165) is 6.54 Å². The van der Waals surface area contributed by atoms with Crippen molar-refractivity contribution in [3.8, 4) is 0 Å². The Kier molecular flexibility index (Phi) is 2.30. The Morgan fingerprint density at radius 3 is 2.31 bits per heavy atom. The molecule has 13 heavy (non-hydrogen) atoms. The van der Waals surface area contributed by atoms with Crippen LogP contribution in [0.3, 0.4) is 0 Å². The van der Waals surface area contributed by atoms with Gasteiger partial charge in [0.25, 0.3) is 0 Å². The molecule has 1 unspecified atom stereocenters. The summed E-state index contributed by atoms with van der Waals surface area (Å²) in [6, 6.07) is 0. The molecule has 0 bridgehead atoms. The highest BCUT2D eigenvalue weighted by Gasteiger charge is 2.40. The highest BCUT2D eigenvalue weighted by atomic mass is 19.4. The van der Waals surface area contributed by atoms with E-state index in [1.54, 1.807) is 0 Å². The van der Waals surface area contributed by atoms with Gasteiger partial charge in [-0.15, -0.1) is 0 Å². The standard InChI is InChI=1S/C8H14BF3N/c10-9(11,12)8-3-4-13(6-8)5-7-1-2-7/h7-8H,1-6H2/q-1. The fourth-order valence-corrected chi connectivity index (χ4v) is 2.00. The second-order valence-electron chi connectivity index (χ2n) is 4.38. The van der Waals surface area contributed by atoms with Crippen molar-refractivity contribution in [3.05, 3.63) is 0 Å². The Hall–Kier alpha value is -0.185. The SMILES string of the molecule is F[B-](F)(F)C1CCN(CC2CC2)C1. The Labute approximate surface area is 76.3 Å². The molecule has 0 aromatic heterocycles. The van der Waals surface area contributed by atoms with E-state index >= 15 is 0 Å². The van der Waals surface area contributed by atoms with Crippen molar-refractivity contribution in [2.24, 2.45) is 5.92 Å². The minimum Gasteiger partial charge on any atom is -0.449 e. The molecule has 1 atom stereocenters. The number of halogens is 3. The molecule has 1 saturated heterocycles. The van der Waals surface area contributed by atoms with Crippen molar-refractivity contribution in [2.75, 3.05) is 19.6 Å². The van der Waals surface area contributed by atoms with E-state index < -0.39 is 12.8 Å². The molecule has 0 N–H and O–H groups in total. The van der Waals surface area contributed by atoms with Crippen LogP contribution in [0.2, 0.25) is 5.82 Å². The highest BCUT2D eigenvalue weighted by Crippen LogP contribution is 2.37. The number of rotatable bonds is 3. The molecule has 2 aliphatic rings. The lowest BCUT2D eigenvalue weighted by Crippen LogP contribution is -2.28. The summed E-state index contributed by atoms with van der Waals surface area (Å²) in [5.41, 5.74) is 0. The van der Waals surface area contributed by atoms with E-state index in [4.69, 9.17) is 0 Å². The summed E-state index contributed by atoms with van der Waals surface area (Å²) in [6.07, 6.45) is 2.77. The van der Waals surface area contributed by atoms with Crippen LogP contribution in [-0.4, -0.2) is 31.5 Å². The Bertz CT molecular complexity index is 190. The molecule has 0 aromatic rings. The first-order valence-electron chi connectivity index (χ1n) is 4.98. The van der Waals surface area contributed by atoms with Gasteiger partial charge in [0.05, 0.1) is 0 Å². The molecule has 1 saturated carbocycles. The predicted molar refractivity (Wildman–Crippen MR) is 46.6 cm³/mol. The molecule has 1 heterocycles. The molecule has 1 aliphatic heterocycles. The Balaban J connectivity index is 1.79. The number of likely N-dealkylation sites (tertiary alicyclic amines) is 1. The first-order valence-corrected chi connectivity index (χ1v) is 4.98. The zero-order valence-corrected chi connectivity index (χ0v) is 7.56. The largest absolute Gasteiger partial charge is 0.482 e. The summed E-state index contributed by atoms with van der Waals surface area (Å²) in [4.78, 5) is 1.98. The molecule has 0 aromatic carbocycles. The third kappa shape index (κ3) is 2.39. The highest BCUT2D eigenvalue weighted by molar-refractivity contribution is 6.60. The van der Waals surface area contributed by atoms with Crippen molar-refractivity contribution in [1.82, 2.24) is 4.90 Å². The molecule has 2 rings (SSSR count). The van der Waals surface area contributed by atoms with Crippen LogP contribution in [0.15, 0.2) is 0 Å². The molecule has 2 fully saturated rings. The van der Waals surface area contributed by atoms with Gasteiger partial charge in [-0.2, -0.15) is 0 Å². The van der Waals surface area contributed by atoms with Gasteiger partial charge in [-0.3, -0.25) is 0 Å². The summed E-state index contributed by atoms with van der Waals surface area (Å²) in [5.74, 6) is -0.293. The van der Waals surface area contributed by atoms with Crippen LogP contribution in [0, 0.1) is 5.92 Å². The van der Waals surface area contributed by atoms with Gasteiger partial charge < -0.3 is 17.8 Å². The van der Waals surface area contributed by atoms with Crippen LogP contribution in [0.5, 0.6) is 0 Å². The van der Waals surface area contributed by atoms with Crippen molar-refractivity contribution in [3.63, 3.8) is 0 Å². The van der Waals surface area contributed by atoms with Gasteiger partial charge in [-0.1, -0.05) is 12.2 Å². The van der Waals surface area contributed by atoms with Crippen LogP contribution in [-0.2, 0) is 0 Å². The second kappa shape index (κ2) is 3.19. The van der Waals surface area contributed by atoms with E-state index in [2.05, 4.69) is 0 Å². The van der Waals surface area contributed by atoms with Crippen molar-refractivity contribution >= 4 is 6.98 Å². The van der Waals surface area contributed by atoms with Gasteiger partial charge in [-0.05, 0) is 31.8 Å². The van der Waals surface area contributed by atoms with Crippen LogP contribution >= 0.6 is 0 Å². The Morgan fingerprint density at radius 1 is 1.15 bits per heavy atom. The van der Waals surface area contributed by atoms with Crippen molar-refractivity contribution < 1.29 is 12.9 Å². The van der Waals surface area contributed by atoms with Crippen LogP contribution in [0.25, 0.3) is 0 Å². The summed E-state index contributed by atoms with van der Waals surface area (Å²) in [7, 11) is 0. The zero-order chi connectivity index (χ0) is 9.47. The predicted octanol–water partition coefficient (Wildman–Crippen LogP) is 2.32. The van der Waals surface area contributed by atoms with Crippen LogP contribution in [0.4, 0.5) is 12.9 Å². The zero-order valence-electron chi connectivity index (χ0n) is 7.56. The third-order valence-electron chi connectivity index (χ3n) is 3.06. The lowest BCUT2D eigenvalue weighted by Gasteiger charge is -2.22. The van der Waals surface area contributed by atoms with Gasteiger partial charge in [0.15, 0.2) is 0 Å². The maximum absolute atomic E-state index is 12.3. The topological polar surface area (TPSA) is 3.24 Å². The third-order valence-corrected chi connectivity index (χ3v) is 3.06. The van der Waals surface area contributed by atoms with Crippen LogP contribution in [0.1, 0.15) is 19.3 Å². The lowest BCUT2D eigenvalue weighted by atomic mass is 9.72. The summed E-state index contributed by atoms with van der Waals surface area (Å²) in [5, 5.41) is 0. The van der Waals surface area contributed by atoms with E-state index in [9.17, 15) is 12.9 Å². The van der Waals surface area contributed by atoms with E-state index in [1.807, 2.05) is 4.90 Å². The van der Waals surface area contributed by atoms with Crippen molar-refractivity contribution in [1.29, 1.82) is 0 Å². The minimum atomic E-state index is -4.59. The van der Waals surface area contributed by atoms with E-state index in [0.29, 0.717) is 18.9 Å². The number of nitrogens with zero attached hydrogens (tertiary/aromatic N) is 1. The molecule has 1 nitrogen and oxygen atoms in total. The minimum absolute atomic E-state index is 0.264.